The van der Waals surface area contributed by atoms with E-state index in [9.17, 15) is 9.59 Å². The van der Waals surface area contributed by atoms with E-state index in [-0.39, 0.29) is 18.4 Å². The van der Waals surface area contributed by atoms with E-state index in [0.29, 0.717) is 17.1 Å². The third-order valence-corrected chi connectivity index (χ3v) is 5.01. The second-order valence-electron chi connectivity index (χ2n) is 6.66. The van der Waals surface area contributed by atoms with Crippen molar-refractivity contribution < 1.29 is 9.59 Å². The SMILES string of the molecule is O=C(CNc1cccc(C(=O)N2CCCCC2)c1)NCc1ccccc1Cl. The van der Waals surface area contributed by atoms with E-state index in [1.807, 2.05) is 41.3 Å². The number of halogens is 1. The summed E-state index contributed by atoms with van der Waals surface area (Å²) in [6.07, 6.45) is 3.32. The zero-order valence-corrected chi connectivity index (χ0v) is 16.0. The van der Waals surface area contributed by atoms with Gasteiger partial charge in [0.1, 0.15) is 0 Å². The van der Waals surface area contributed by atoms with E-state index >= 15 is 0 Å². The molecular formula is C21H24ClN3O2. The van der Waals surface area contributed by atoms with Crippen LogP contribution in [0.25, 0.3) is 0 Å². The van der Waals surface area contributed by atoms with Gasteiger partial charge in [0.2, 0.25) is 5.91 Å². The largest absolute Gasteiger partial charge is 0.376 e. The lowest BCUT2D eigenvalue weighted by molar-refractivity contribution is -0.119. The number of carbonyl (C=O) groups is 2. The molecule has 0 aromatic heterocycles. The fraction of sp³-hybridized carbons (Fsp3) is 0.333. The summed E-state index contributed by atoms with van der Waals surface area (Å²) in [5, 5.41) is 6.55. The number of piperidine rings is 1. The summed E-state index contributed by atoms with van der Waals surface area (Å²) < 4.78 is 0. The Hall–Kier alpha value is -2.53. The van der Waals surface area contributed by atoms with Crippen LogP contribution in [-0.4, -0.2) is 36.3 Å². The summed E-state index contributed by atoms with van der Waals surface area (Å²) in [5.41, 5.74) is 2.28. The molecule has 2 amide bonds. The highest BCUT2D eigenvalue weighted by Crippen LogP contribution is 2.17. The molecule has 1 aliphatic heterocycles. The van der Waals surface area contributed by atoms with Crippen LogP contribution >= 0.6 is 11.6 Å². The minimum Gasteiger partial charge on any atom is -0.376 e. The van der Waals surface area contributed by atoms with E-state index in [2.05, 4.69) is 10.6 Å². The fourth-order valence-corrected chi connectivity index (χ4v) is 3.32. The molecule has 2 aromatic rings. The second-order valence-corrected chi connectivity index (χ2v) is 7.06. The van der Waals surface area contributed by atoms with Crippen LogP contribution in [-0.2, 0) is 11.3 Å². The molecule has 1 aliphatic rings. The van der Waals surface area contributed by atoms with Gasteiger partial charge in [-0.3, -0.25) is 9.59 Å². The number of nitrogens with one attached hydrogen (secondary N) is 2. The molecule has 2 aromatic carbocycles. The van der Waals surface area contributed by atoms with Crippen LogP contribution in [0.15, 0.2) is 48.5 Å². The normalized spacial score (nSPS) is 13.9. The molecule has 1 fully saturated rings. The number of hydrogen-bond acceptors (Lipinski definition) is 3. The van der Waals surface area contributed by atoms with Gasteiger partial charge in [-0.2, -0.15) is 0 Å². The first-order valence-electron chi connectivity index (χ1n) is 9.27. The fourth-order valence-electron chi connectivity index (χ4n) is 3.12. The Morgan fingerprint density at radius 3 is 2.56 bits per heavy atom. The first-order chi connectivity index (χ1) is 13.1. The lowest BCUT2D eigenvalue weighted by Crippen LogP contribution is -2.35. The van der Waals surface area contributed by atoms with Gasteiger partial charge in [-0.1, -0.05) is 35.9 Å². The third-order valence-electron chi connectivity index (χ3n) is 4.64. The maximum Gasteiger partial charge on any atom is 0.253 e. The van der Waals surface area contributed by atoms with Crippen molar-refractivity contribution in [3.05, 3.63) is 64.7 Å². The summed E-state index contributed by atoms with van der Waals surface area (Å²) >= 11 is 6.09. The van der Waals surface area contributed by atoms with Crippen molar-refractivity contribution >= 4 is 29.1 Å². The maximum absolute atomic E-state index is 12.6. The quantitative estimate of drug-likeness (QED) is 0.797. The Kier molecular flexibility index (Phi) is 6.71. The molecule has 0 bridgehead atoms. The average molecular weight is 386 g/mol. The van der Waals surface area contributed by atoms with E-state index < -0.39 is 0 Å². The molecule has 1 heterocycles. The van der Waals surface area contributed by atoms with Gasteiger partial charge < -0.3 is 15.5 Å². The van der Waals surface area contributed by atoms with Crippen LogP contribution in [0, 0.1) is 0 Å². The van der Waals surface area contributed by atoms with Crippen LogP contribution in [0.5, 0.6) is 0 Å². The van der Waals surface area contributed by atoms with Crippen LogP contribution in [0.2, 0.25) is 5.02 Å². The number of amides is 2. The highest BCUT2D eigenvalue weighted by Gasteiger charge is 2.18. The van der Waals surface area contributed by atoms with Gasteiger partial charge in [-0.05, 0) is 49.1 Å². The van der Waals surface area contributed by atoms with Crippen molar-refractivity contribution in [1.29, 1.82) is 0 Å². The molecule has 2 N–H and O–H groups in total. The summed E-state index contributed by atoms with van der Waals surface area (Å²) in [5.74, 6) is -0.0794. The van der Waals surface area contributed by atoms with E-state index in [4.69, 9.17) is 11.6 Å². The van der Waals surface area contributed by atoms with E-state index in [1.54, 1.807) is 12.1 Å². The molecule has 0 saturated carbocycles. The van der Waals surface area contributed by atoms with Gasteiger partial charge in [0.05, 0.1) is 6.54 Å². The highest BCUT2D eigenvalue weighted by molar-refractivity contribution is 6.31. The van der Waals surface area contributed by atoms with Crippen LogP contribution in [0.3, 0.4) is 0 Å². The molecule has 3 rings (SSSR count). The van der Waals surface area contributed by atoms with Crippen molar-refractivity contribution in [2.24, 2.45) is 0 Å². The molecule has 0 unspecified atom stereocenters. The Balaban J connectivity index is 1.51. The molecule has 142 valence electrons. The molecular weight excluding hydrogens is 362 g/mol. The number of nitrogens with zero attached hydrogens (tertiary/aromatic N) is 1. The molecule has 27 heavy (non-hydrogen) atoms. The van der Waals surface area contributed by atoms with E-state index in [0.717, 1.165) is 37.2 Å². The Bertz CT molecular complexity index is 804. The van der Waals surface area contributed by atoms with Crippen molar-refractivity contribution in [2.75, 3.05) is 25.0 Å². The van der Waals surface area contributed by atoms with Crippen LogP contribution < -0.4 is 10.6 Å². The van der Waals surface area contributed by atoms with E-state index in [1.165, 1.54) is 6.42 Å². The lowest BCUT2D eigenvalue weighted by Gasteiger charge is -2.26. The smallest absolute Gasteiger partial charge is 0.253 e. The summed E-state index contributed by atoms with van der Waals surface area (Å²) in [7, 11) is 0. The van der Waals surface area contributed by atoms with Crippen molar-refractivity contribution in [1.82, 2.24) is 10.2 Å². The number of rotatable bonds is 6. The summed E-state index contributed by atoms with van der Waals surface area (Å²) in [6, 6.07) is 14.7. The lowest BCUT2D eigenvalue weighted by atomic mass is 10.1. The average Bonchev–Trinajstić information content (AvgIpc) is 2.72. The minimum atomic E-state index is -0.136. The number of hydrogen-bond donors (Lipinski definition) is 2. The van der Waals surface area contributed by atoms with Gasteiger partial charge in [-0.25, -0.2) is 0 Å². The topological polar surface area (TPSA) is 61.4 Å². The number of anilines is 1. The van der Waals surface area contributed by atoms with Gasteiger partial charge in [-0.15, -0.1) is 0 Å². The first-order valence-corrected chi connectivity index (χ1v) is 9.64. The zero-order chi connectivity index (χ0) is 19.1. The standard InChI is InChI=1S/C21H24ClN3O2/c22-19-10-3-2-7-17(19)14-24-20(26)15-23-18-9-6-8-16(13-18)21(27)25-11-4-1-5-12-25/h2-3,6-10,13,23H,1,4-5,11-12,14-15H2,(H,24,26). The molecule has 0 atom stereocenters. The number of likely N-dealkylation sites (tertiary alicyclic amines) is 1. The number of benzene rings is 2. The molecule has 0 spiro atoms. The summed E-state index contributed by atoms with van der Waals surface area (Å²) in [4.78, 5) is 26.6. The van der Waals surface area contributed by atoms with Crippen LogP contribution in [0.4, 0.5) is 5.69 Å². The second kappa shape index (κ2) is 9.42. The number of carbonyl (C=O) groups excluding carboxylic acids is 2. The van der Waals surface area contributed by atoms with Crippen molar-refractivity contribution in [2.45, 2.75) is 25.8 Å². The predicted octanol–water partition coefficient (Wildman–Crippen LogP) is 3.69. The van der Waals surface area contributed by atoms with Crippen LogP contribution in [0.1, 0.15) is 35.2 Å². The van der Waals surface area contributed by atoms with Gasteiger partial charge in [0.15, 0.2) is 0 Å². The molecule has 6 heteroatoms. The minimum absolute atomic E-state index is 0.0570. The maximum atomic E-state index is 12.6. The Morgan fingerprint density at radius 2 is 1.78 bits per heavy atom. The molecule has 0 radical (unpaired) electrons. The van der Waals surface area contributed by atoms with Crippen molar-refractivity contribution in [3.63, 3.8) is 0 Å². The molecule has 5 nitrogen and oxygen atoms in total. The Labute approximate surface area is 164 Å². The molecule has 1 saturated heterocycles. The van der Waals surface area contributed by atoms with Gasteiger partial charge in [0.25, 0.3) is 5.91 Å². The molecule has 0 aliphatic carbocycles. The summed E-state index contributed by atoms with van der Waals surface area (Å²) in [6.45, 7) is 2.15. The van der Waals surface area contributed by atoms with Crippen molar-refractivity contribution in [3.8, 4) is 0 Å². The Morgan fingerprint density at radius 1 is 1.00 bits per heavy atom. The monoisotopic (exact) mass is 385 g/mol. The highest BCUT2D eigenvalue weighted by atomic mass is 35.5. The van der Waals surface area contributed by atoms with Gasteiger partial charge in [0, 0.05) is 35.9 Å². The predicted molar refractivity (Wildman–Crippen MR) is 108 cm³/mol. The third kappa shape index (κ3) is 5.47. The van der Waals surface area contributed by atoms with Gasteiger partial charge >= 0.3 is 0 Å². The zero-order valence-electron chi connectivity index (χ0n) is 15.2. The first kappa shape index (κ1) is 19.2.